The maximum atomic E-state index is 13.3. The molecule has 0 spiro atoms. The number of carboxylic acids is 1. The van der Waals surface area contributed by atoms with Gasteiger partial charge in [0, 0.05) is 11.5 Å². The molecule has 1 aromatic heterocycles. The van der Waals surface area contributed by atoms with Gasteiger partial charge in [-0.2, -0.15) is 0 Å². The molecule has 1 aliphatic carbocycles. The van der Waals surface area contributed by atoms with Gasteiger partial charge < -0.3 is 9.52 Å². The molecule has 0 aliphatic heterocycles. The number of aryl methyl sites for hydroxylation is 2. The van der Waals surface area contributed by atoms with E-state index in [0.717, 1.165) is 12.2 Å². The molecule has 2 atom stereocenters. The average Bonchev–Trinajstić information content (AvgIpc) is 3.48. The minimum Gasteiger partial charge on any atom is -0.478 e. The fraction of sp³-hybridized carbons (Fsp3) is 0.333. The summed E-state index contributed by atoms with van der Waals surface area (Å²) in [5.41, 5.74) is 4.35. The van der Waals surface area contributed by atoms with E-state index >= 15 is 0 Å². The van der Waals surface area contributed by atoms with Crippen molar-refractivity contribution in [2.75, 3.05) is 0 Å². The fourth-order valence-electron chi connectivity index (χ4n) is 4.27. The van der Waals surface area contributed by atoms with Gasteiger partial charge in [0.25, 0.3) is 0 Å². The van der Waals surface area contributed by atoms with Gasteiger partial charge in [0.05, 0.1) is 10.9 Å². The molecular formula is C24H24O4. The molecule has 1 saturated carbocycles. The van der Waals surface area contributed by atoms with E-state index in [0.29, 0.717) is 40.9 Å². The highest BCUT2D eigenvalue weighted by Crippen LogP contribution is 2.55. The molecular weight excluding hydrogens is 352 g/mol. The molecule has 1 N–H and O–H groups in total. The first-order valence-corrected chi connectivity index (χ1v) is 9.87. The maximum absolute atomic E-state index is 13.3. The zero-order valence-corrected chi connectivity index (χ0v) is 16.4. The van der Waals surface area contributed by atoms with Crippen molar-refractivity contribution in [3.05, 3.63) is 80.2 Å². The first-order chi connectivity index (χ1) is 13.5. The van der Waals surface area contributed by atoms with Crippen molar-refractivity contribution in [3.63, 3.8) is 0 Å². The Labute approximate surface area is 163 Å². The van der Waals surface area contributed by atoms with Gasteiger partial charge in [0.15, 0.2) is 5.43 Å². The molecule has 1 aliphatic rings. The minimum absolute atomic E-state index is 0.0757. The van der Waals surface area contributed by atoms with E-state index in [1.807, 2.05) is 13.8 Å². The van der Waals surface area contributed by atoms with Gasteiger partial charge in [0.2, 0.25) is 0 Å². The van der Waals surface area contributed by atoms with Crippen LogP contribution in [0.4, 0.5) is 0 Å². The lowest BCUT2D eigenvalue weighted by Crippen LogP contribution is -2.15. The molecule has 0 bridgehead atoms. The summed E-state index contributed by atoms with van der Waals surface area (Å²) in [5, 5.41) is 9.90. The van der Waals surface area contributed by atoms with Gasteiger partial charge in [-0.25, -0.2) is 4.79 Å². The lowest BCUT2D eigenvalue weighted by Gasteiger charge is -2.12. The van der Waals surface area contributed by atoms with Crippen LogP contribution in [-0.2, 0) is 12.8 Å². The molecule has 4 nitrogen and oxygen atoms in total. The SMILES string of the molecule is CCc1c(C2CC2c2ccc(C)cc2)oc2ccc(C(=O)O)c(CC)c2c1=O. The van der Waals surface area contributed by atoms with Gasteiger partial charge in [0.1, 0.15) is 11.3 Å². The third kappa shape index (κ3) is 2.93. The Kier molecular flexibility index (Phi) is 4.58. The number of aromatic carboxylic acids is 1. The van der Waals surface area contributed by atoms with Crippen LogP contribution in [0.5, 0.6) is 0 Å². The lowest BCUT2D eigenvalue weighted by molar-refractivity contribution is 0.0696. The Bertz CT molecular complexity index is 1120. The number of rotatable bonds is 5. The van der Waals surface area contributed by atoms with Gasteiger partial charge in [-0.05, 0) is 55.4 Å². The van der Waals surface area contributed by atoms with E-state index < -0.39 is 5.97 Å². The number of carbonyl (C=O) groups is 1. The van der Waals surface area contributed by atoms with Crippen molar-refractivity contribution in [2.24, 2.45) is 0 Å². The smallest absolute Gasteiger partial charge is 0.335 e. The van der Waals surface area contributed by atoms with E-state index in [9.17, 15) is 14.7 Å². The molecule has 0 radical (unpaired) electrons. The second-order valence-electron chi connectivity index (χ2n) is 7.61. The first kappa shape index (κ1) is 18.5. The Hall–Kier alpha value is -2.88. The van der Waals surface area contributed by atoms with Crippen LogP contribution in [-0.4, -0.2) is 11.1 Å². The summed E-state index contributed by atoms with van der Waals surface area (Å²) >= 11 is 0. The van der Waals surface area contributed by atoms with Crippen molar-refractivity contribution in [3.8, 4) is 0 Å². The summed E-state index contributed by atoms with van der Waals surface area (Å²) in [6, 6.07) is 11.7. The van der Waals surface area contributed by atoms with E-state index in [1.165, 1.54) is 11.1 Å². The number of fused-ring (bicyclic) bond motifs is 1. The Morgan fingerprint density at radius 1 is 1.04 bits per heavy atom. The predicted molar refractivity (Wildman–Crippen MR) is 109 cm³/mol. The number of carboxylic acid groups (broad SMARTS) is 1. The normalized spacial score (nSPS) is 18.4. The van der Waals surface area contributed by atoms with E-state index in [2.05, 4.69) is 31.2 Å². The monoisotopic (exact) mass is 376 g/mol. The molecule has 4 rings (SSSR count). The van der Waals surface area contributed by atoms with Gasteiger partial charge >= 0.3 is 5.97 Å². The summed E-state index contributed by atoms with van der Waals surface area (Å²) < 4.78 is 6.25. The first-order valence-electron chi connectivity index (χ1n) is 9.87. The molecule has 4 heteroatoms. The van der Waals surface area contributed by atoms with Crippen LogP contribution < -0.4 is 5.43 Å². The number of benzene rings is 2. The zero-order chi connectivity index (χ0) is 20.0. The molecule has 28 heavy (non-hydrogen) atoms. The summed E-state index contributed by atoms with van der Waals surface area (Å²) in [5.74, 6) is 0.340. The standard InChI is InChI=1S/C24H24O4/c1-4-15-17(24(26)27)10-11-20-21(15)22(25)16(5-2)23(28-20)19-12-18(19)14-8-6-13(3)7-9-14/h6-11,18-19H,4-5,12H2,1-3H3,(H,26,27). The lowest BCUT2D eigenvalue weighted by atomic mass is 9.96. The third-order valence-corrected chi connectivity index (χ3v) is 5.86. The fourth-order valence-corrected chi connectivity index (χ4v) is 4.27. The van der Waals surface area contributed by atoms with Crippen molar-refractivity contribution in [1.29, 1.82) is 0 Å². The second kappa shape index (κ2) is 6.93. The summed E-state index contributed by atoms with van der Waals surface area (Å²) in [6.45, 7) is 5.90. The summed E-state index contributed by atoms with van der Waals surface area (Å²) in [6.07, 6.45) is 2.02. The molecule has 0 amide bonds. The van der Waals surface area contributed by atoms with Crippen molar-refractivity contribution in [2.45, 2.75) is 51.9 Å². The van der Waals surface area contributed by atoms with Crippen molar-refractivity contribution < 1.29 is 14.3 Å². The maximum Gasteiger partial charge on any atom is 0.335 e. The molecule has 1 fully saturated rings. The Morgan fingerprint density at radius 3 is 2.32 bits per heavy atom. The van der Waals surface area contributed by atoms with Crippen molar-refractivity contribution >= 4 is 16.9 Å². The number of hydrogen-bond donors (Lipinski definition) is 1. The van der Waals surface area contributed by atoms with Crippen LogP contribution in [0.1, 0.15) is 70.5 Å². The van der Waals surface area contributed by atoms with E-state index in [1.54, 1.807) is 12.1 Å². The van der Waals surface area contributed by atoms with Crippen LogP contribution >= 0.6 is 0 Å². The summed E-state index contributed by atoms with van der Waals surface area (Å²) in [7, 11) is 0. The molecule has 2 unspecified atom stereocenters. The summed E-state index contributed by atoms with van der Waals surface area (Å²) in [4.78, 5) is 24.9. The molecule has 0 saturated heterocycles. The van der Waals surface area contributed by atoms with Gasteiger partial charge in [-0.15, -0.1) is 0 Å². The van der Waals surface area contributed by atoms with E-state index in [-0.39, 0.29) is 16.9 Å². The van der Waals surface area contributed by atoms with Crippen LogP contribution in [0.3, 0.4) is 0 Å². The minimum atomic E-state index is -1.01. The molecule has 1 heterocycles. The Morgan fingerprint density at radius 2 is 1.71 bits per heavy atom. The average molecular weight is 376 g/mol. The van der Waals surface area contributed by atoms with Crippen LogP contribution in [0.25, 0.3) is 11.0 Å². The molecule has 2 aromatic carbocycles. The van der Waals surface area contributed by atoms with Gasteiger partial charge in [-0.3, -0.25) is 4.79 Å². The predicted octanol–water partition coefficient (Wildman–Crippen LogP) is 5.20. The zero-order valence-electron chi connectivity index (χ0n) is 16.4. The second-order valence-corrected chi connectivity index (χ2v) is 7.61. The van der Waals surface area contributed by atoms with Gasteiger partial charge in [-0.1, -0.05) is 43.7 Å². The molecule has 3 aromatic rings. The van der Waals surface area contributed by atoms with Crippen molar-refractivity contribution in [1.82, 2.24) is 0 Å². The third-order valence-electron chi connectivity index (χ3n) is 5.86. The van der Waals surface area contributed by atoms with E-state index in [4.69, 9.17) is 4.42 Å². The van der Waals surface area contributed by atoms with Crippen LogP contribution in [0.15, 0.2) is 45.6 Å². The number of hydrogen-bond acceptors (Lipinski definition) is 3. The quantitative estimate of drug-likeness (QED) is 0.665. The Balaban J connectivity index is 1.85. The highest BCUT2D eigenvalue weighted by atomic mass is 16.4. The highest BCUT2D eigenvalue weighted by molar-refractivity contribution is 5.96. The highest BCUT2D eigenvalue weighted by Gasteiger charge is 2.43. The van der Waals surface area contributed by atoms with Crippen LogP contribution in [0.2, 0.25) is 0 Å². The molecule has 144 valence electrons. The largest absolute Gasteiger partial charge is 0.478 e. The topological polar surface area (TPSA) is 67.5 Å². The van der Waals surface area contributed by atoms with Crippen LogP contribution in [0, 0.1) is 6.92 Å².